The third-order valence-electron chi connectivity index (χ3n) is 3.71. The minimum absolute atomic E-state index is 0.0313. The van der Waals surface area contributed by atoms with Crippen molar-refractivity contribution in [2.24, 2.45) is 11.1 Å². The molecule has 0 aromatic rings. The number of carbonyl (C=O) groups excluding carboxylic acids is 3. The first-order valence-electron chi connectivity index (χ1n) is 7.67. The van der Waals surface area contributed by atoms with Crippen LogP contribution in [0.15, 0.2) is 0 Å². The molecule has 0 unspecified atom stereocenters. The van der Waals surface area contributed by atoms with Gasteiger partial charge < -0.3 is 10.5 Å². The van der Waals surface area contributed by atoms with E-state index in [2.05, 4.69) is 6.92 Å². The van der Waals surface area contributed by atoms with Crippen LogP contribution in [0.25, 0.3) is 0 Å². The molecule has 0 radical (unpaired) electrons. The zero-order valence-corrected chi connectivity index (χ0v) is 14.9. The fraction of sp³-hybridized carbons (Fsp3) is 0.867. The summed E-state index contributed by atoms with van der Waals surface area (Å²) in [6, 6.07) is 0. The van der Waals surface area contributed by atoms with E-state index in [1.165, 1.54) is 32.1 Å². The van der Waals surface area contributed by atoms with Gasteiger partial charge in [0.1, 0.15) is 6.61 Å². The Balaban J connectivity index is 0.00000135. The van der Waals surface area contributed by atoms with Crippen molar-refractivity contribution in [1.29, 1.82) is 0 Å². The summed E-state index contributed by atoms with van der Waals surface area (Å²) in [6.45, 7) is 3.55. The van der Waals surface area contributed by atoms with E-state index in [0.717, 1.165) is 17.9 Å². The van der Waals surface area contributed by atoms with Crippen molar-refractivity contribution in [2.75, 3.05) is 24.7 Å². The van der Waals surface area contributed by atoms with Gasteiger partial charge in [-0.25, -0.2) is 0 Å². The number of carbonyl (C=O) groups is 1. The minimum Gasteiger partial charge on any atom is -0.465 e. The van der Waals surface area contributed by atoms with E-state index in [-0.39, 0.29) is 12.1 Å². The van der Waals surface area contributed by atoms with E-state index in [9.17, 15) is 4.79 Å². The summed E-state index contributed by atoms with van der Waals surface area (Å²) in [7, 11) is 3.47. The van der Waals surface area contributed by atoms with Gasteiger partial charge in [0.25, 0.3) is 0 Å². The topological polar surface area (TPSA) is 86.5 Å². The quantitative estimate of drug-likeness (QED) is 0.389. The molecule has 0 amide bonds. The molecule has 1 aliphatic carbocycles. The van der Waals surface area contributed by atoms with Gasteiger partial charge in [0.2, 0.25) is 0 Å². The maximum Gasteiger partial charge on any atom is 0.373 e. The van der Waals surface area contributed by atoms with Crippen molar-refractivity contribution in [3.05, 3.63) is 0 Å². The van der Waals surface area contributed by atoms with Gasteiger partial charge in [0, 0.05) is 24.5 Å². The molecule has 128 valence electrons. The first-order valence-corrected chi connectivity index (χ1v) is 10.2. The molecule has 5 nitrogen and oxygen atoms in total. The van der Waals surface area contributed by atoms with Crippen molar-refractivity contribution in [3.8, 4) is 0 Å². The van der Waals surface area contributed by atoms with Crippen LogP contribution in [-0.2, 0) is 19.1 Å². The van der Waals surface area contributed by atoms with Crippen molar-refractivity contribution >= 4 is 33.7 Å². The predicted molar refractivity (Wildman–Crippen MR) is 90.4 cm³/mol. The highest BCUT2D eigenvalue weighted by Gasteiger charge is 2.27. The number of esters is 1. The number of nitrogens with two attached hydrogens (primary N) is 1. The number of ether oxygens (including phenoxy) is 1. The van der Waals surface area contributed by atoms with Gasteiger partial charge in [-0.1, -0.05) is 47.8 Å². The van der Waals surface area contributed by atoms with Crippen molar-refractivity contribution in [1.82, 2.24) is 0 Å². The summed E-state index contributed by atoms with van der Waals surface area (Å²) >= 11 is 0. The van der Waals surface area contributed by atoms with Gasteiger partial charge in [-0.05, 0) is 24.7 Å². The molecular weight excluding hydrogens is 322 g/mol. The van der Waals surface area contributed by atoms with E-state index in [1.54, 1.807) is 21.6 Å². The fourth-order valence-electron chi connectivity index (χ4n) is 2.49. The predicted octanol–water partition coefficient (Wildman–Crippen LogP) is 3.04. The molecule has 0 aliphatic heterocycles. The van der Waals surface area contributed by atoms with Crippen LogP contribution in [0.5, 0.6) is 0 Å². The summed E-state index contributed by atoms with van der Waals surface area (Å²) in [5.74, 6) is 1.78. The highest BCUT2D eigenvalue weighted by molar-refractivity contribution is 8.76. The smallest absolute Gasteiger partial charge is 0.373 e. The molecule has 1 rings (SSSR count). The lowest BCUT2D eigenvalue weighted by Gasteiger charge is -2.33. The summed E-state index contributed by atoms with van der Waals surface area (Å²) in [6.07, 6.45) is 8.36. The molecule has 0 atom stereocenters. The average Bonchev–Trinajstić information content (AvgIpc) is 2.50. The number of rotatable bonds is 9. The number of hydrogen-bond donors (Lipinski definition) is 1. The normalized spacial score (nSPS) is 16.1. The maximum absolute atomic E-state index is 11.7. The zero-order valence-electron chi connectivity index (χ0n) is 13.3. The van der Waals surface area contributed by atoms with E-state index in [1.807, 2.05) is 0 Å². The standard InChI is InChI=1S/C14H27NO2S2.CO2/c1-14(6-3-2-4-7-14)8-5-13(16)17-10-12-19-18-11-9-15;2-1-3/h2-12,15H2,1H3;. The zero-order chi connectivity index (χ0) is 16.7. The molecule has 0 heterocycles. The first-order chi connectivity index (χ1) is 10.6. The lowest BCUT2D eigenvalue weighted by atomic mass is 9.73. The van der Waals surface area contributed by atoms with Crippen LogP contribution in [0.2, 0.25) is 0 Å². The Morgan fingerprint density at radius 3 is 2.36 bits per heavy atom. The van der Waals surface area contributed by atoms with E-state index >= 15 is 0 Å². The number of hydrogen-bond acceptors (Lipinski definition) is 7. The van der Waals surface area contributed by atoms with Gasteiger partial charge in [-0.3, -0.25) is 4.79 Å². The molecule has 0 saturated heterocycles. The first kappa shape index (κ1) is 21.5. The van der Waals surface area contributed by atoms with Gasteiger partial charge in [0.05, 0.1) is 0 Å². The van der Waals surface area contributed by atoms with Crippen molar-refractivity contribution < 1.29 is 19.1 Å². The monoisotopic (exact) mass is 349 g/mol. The SMILES string of the molecule is CC1(CCC(=O)OCCSSCCN)CCCCC1.O=C=O. The molecule has 7 heteroatoms. The Morgan fingerprint density at radius 1 is 1.18 bits per heavy atom. The third kappa shape index (κ3) is 12.1. The van der Waals surface area contributed by atoms with Crippen molar-refractivity contribution in [3.63, 3.8) is 0 Å². The molecule has 0 bridgehead atoms. The van der Waals surface area contributed by atoms with Gasteiger partial charge >= 0.3 is 12.1 Å². The van der Waals surface area contributed by atoms with E-state index < -0.39 is 0 Å². The minimum atomic E-state index is -0.0313. The highest BCUT2D eigenvalue weighted by Crippen LogP contribution is 2.39. The lowest BCUT2D eigenvalue weighted by Crippen LogP contribution is -2.22. The lowest BCUT2D eigenvalue weighted by molar-refractivity contribution is -0.191. The average molecular weight is 350 g/mol. The second-order valence-corrected chi connectivity index (χ2v) is 8.31. The maximum atomic E-state index is 11.7. The third-order valence-corrected chi connectivity index (χ3v) is 6.11. The fourth-order valence-corrected chi connectivity index (χ4v) is 4.17. The molecule has 0 aromatic carbocycles. The van der Waals surface area contributed by atoms with Gasteiger partial charge in [-0.2, -0.15) is 9.59 Å². The van der Waals surface area contributed by atoms with E-state index in [0.29, 0.717) is 25.0 Å². The summed E-state index contributed by atoms with van der Waals surface area (Å²) in [5.41, 5.74) is 5.77. The summed E-state index contributed by atoms with van der Waals surface area (Å²) in [5, 5.41) is 0. The highest BCUT2D eigenvalue weighted by atomic mass is 33.1. The Morgan fingerprint density at radius 2 is 1.77 bits per heavy atom. The second kappa shape index (κ2) is 14.1. The van der Waals surface area contributed by atoms with Crippen LogP contribution in [0.3, 0.4) is 0 Å². The largest absolute Gasteiger partial charge is 0.465 e. The summed E-state index contributed by atoms with van der Waals surface area (Å²) in [4.78, 5) is 27.9. The van der Waals surface area contributed by atoms with Crippen LogP contribution < -0.4 is 5.73 Å². The molecular formula is C15H27NO4S2. The van der Waals surface area contributed by atoms with Crippen molar-refractivity contribution in [2.45, 2.75) is 51.9 Å². The molecule has 1 fully saturated rings. The molecule has 1 aliphatic rings. The summed E-state index contributed by atoms with van der Waals surface area (Å²) < 4.78 is 5.25. The van der Waals surface area contributed by atoms with Crippen LogP contribution in [-0.4, -0.2) is 36.8 Å². The Bertz CT molecular complexity index is 328. The van der Waals surface area contributed by atoms with Gasteiger partial charge in [0.15, 0.2) is 0 Å². The van der Waals surface area contributed by atoms with Crippen LogP contribution in [0.4, 0.5) is 0 Å². The van der Waals surface area contributed by atoms with Crippen LogP contribution in [0, 0.1) is 5.41 Å². The molecule has 22 heavy (non-hydrogen) atoms. The van der Waals surface area contributed by atoms with E-state index in [4.69, 9.17) is 20.1 Å². The Labute approximate surface area is 140 Å². The molecule has 1 saturated carbocycles. The van der Waals surface area contributed by atoms with Crippen LogP contribution >= 0.6 is 21.6 Å². The molecule has 0 aromatic heterocycles. The molecule has 0 spiro atoms. The Kier molecular flexibility index (Phi) is 13.8. The Hall–Kier alpha value is -0.490. The van der Waals surface area contributed by atoms with Gasteiger partial charge in [-0.15, -0.1) is 0 Å². The van der Waals surface area contributed by atoms with Crippen LogP contribution in [0.1, 0.15) is 51.9 Å². The second-order valence-electron chi connectivity index (χ2n) is 5.61. The molecule has 2 N–H and O–H groups in total.